The quantitative estimate of drug-likeness (QED) is 0.694. The lowest BCUT2D eigenvalue weighted by Gasteiger charge is -2.42. The molecule has 2 heterocycles. The first-order valence-electron chi connectivity index (χ1n) is 9.83. The zero-order chi connectivity index (χ0) is 19.1. The van der Waals surface area contributed by atoms with Crippen LogP contribution in [0.3, 0.4) is 0 Å². The number of piperidine rings is 1. The third-order valence-electron chi connectivity index (χ3n) is 6.08. The van der Waals surface area contributed by atoms with E-state index in [0.29, 0.717) is 5.92 Å². The van der Waals surface area contributed by atoms with Crippen LogP contribution in [0.2, 0.25) is 0 Å². The van der Waals surface area contributed by atoms with Gasteiger partial charge in [0.2, 0.25) is 0 Å². The van der Waals surface area contributed by atoms with Gasteiger partial charge in [-0.15, -0.1) is 0 Å². The van der Waals surface area contributed by atoms with Crippen molar-refractivity contribution in [3.8, 4) is 5.75 Å². The fourth-order valence-electron chi connectivity index (χ4n) is 4.49. The molecule has 150 valence electrons. The molecule has 1 atom stereocenters. The minimum Gasteiger partial charge on any atom is -0.484 e. The molecule has 2 fully saturated rings. The average Bonchev–Trinajstić information content (AvgIpc) is 3.03. The number of hydrogen-bond donors (Lipinski definition) is 0. The van der Waals surface area contributed by atoms with Crippen LogP contribution in [0.25, 0.3) is 0 Å². The molecule has 1 aromatic rings. The van der Waals surface area contributed by atoms with Crippen LogP contribution in [-0.4, -0.2) is 82.5 Å². The summed E-state index contributed by atoms with van der Waals surface area (Å²) in [6, 6.07) is 9.51. The van der Waals surface area contributed by atoms with Gasteiger partial charge in [-0.3, -0.25) is 4.79 Å². The Morgan fingerprint density at radius 1 is 1.15 bits per heavy atom. The zero-order valence-electron chi connectivity index (χ0n) is 16.6. The van der Waals surface area contributed by atoms with Gasteiger partial charge in [-0.05, 0) is 30.4 Å². The van der Waals surface area contributed by atoms with Gasteiger partial charge in [-0.25, -0.2) is 0 Å². The van der Waals surface area contributed by atoms with Gasteiger partial charge in [0.1, 0.15) is 5.75 Å². The predicted molar refractivity (Wildman–Crippen MR) is 104 cm³/mol. The van der Waals surface area contributed by atoms with Crippen molar-refractivity contribution < 1.29 is 19.0 Å². The molecule has 0 radical (unpaired) electrons. The van der Waals surface area contributed by atoms with E-state index in [-0.39, 0.29) is 17.9 Å². The molecular formula is C21H32N2O4. The van der Waals surface area contributed by atoms with Crippen LogP contribution in [0, 0.1) is 11.3 Å². The standard InChI is InChI=1S/C21H32N2O4/c1-25-13-12-22-14-18(15-26-2)21(17-22)8-10-23(11-9-21)20(24)16-27-19-6-4-3-5-7-19/h3-7,18H,8-17H2,1-2H3. The van der Waals surface area contributed by atoms with Crippen molar-refractivity contribution in [2.45, 2.75) is 12.8 Å². The molecule has 2 aliphatic rings. The first-order valence-corrected chi connectivity index (χ1v) is 9.83. The lowest BCUT2D eigenvalue weighted by Crippen LogP contribution is -2.48. The summed E-state index contributed by atoms with van der Waals surface area (Å²) in [5, 5.41) is 0. The molecular weight excluding hydrogens is 344 g/mol. The van der Waals surface area contributed by atoms with E-state index in [9.17, 15) is 4.79 Å². The molecule has 1 amide bonds. The van der Waals surface area contributed by atoms with Crippen LogP contribution < -0.4 is 4.74 Å². The highest BCUT2D eigenvalue weighted by atomic mass is 16.5. The maximum atomic E-state index is 12.5. The summed E-state index contributed by atoms with van der Waals surface area (Å²) in [5.41, 5.74) is 0.251. The molecule has 6 heteroatoms. The second kappa shape index (κ2) is 9.53. The van der Waals surface area contributed by atoms with Gasteiger partial charge in [0.05, 0.1) is 13.2 Å². The molecule has 27 heavy (non-hydrogen) atoms. The molecule has 1 aromatic carbocycles. The van der Waals surface area contributed by atoms with E-state index in [1.165, 1.54) is 0 Å². The van der Waals surface area contributed by atoms with Crippen molar-refractivity contribution in [1.29, 1.82) is 0 Å². The number of carbonyl (C=O) groups is 1. The Hall–Kier alpha value is -1.63. The summed E-state index contributed by atoms with van der Waals surface area (Å²) in [5.74, 6) is 1.34. The van der Waals surface area contributed by atoms with Gasteiger partial charge in [-0.2, -0.15) is 0 Å². The Morgan fingerprint density at radius 3 is 2.56 bits per heavy atom. The first kappa shape index (κ1) is 20.1. The number of para-hydroxylation sites is 1. The number of benzene rings is 1. The van der Waals surface area contributed by atoms with E-state index >= 15 is 0 Å². The van der Waals surface area contributed by atoms with E-state index in [0.717, 1.165) is 64.5 Å². The lowest BCUT2D eigenvalue weighted by atomic mass is 9.71. The summed E-state index contributed by atoms with van der Waals surface area (Å²) < 4.78 is 16.4. The minimum atomic E-state index is 0.0752. The van der Waals surface area contributed by atoms with Crippen LogP contribution in [0.1, 0.15) is 12.8 Å². The Balaban J connectivity index is 1.52. The normalized spacial score (nSPS) is 22.3. The smallest absolute Gasteiger partial charge is 0.260 e. The van der Waals surface area contributed by atoms with Crippen molar-refractivity contribution >= 4 is 5.91 Å². The van der Waals surface area contributed by atoms with Crippen molar-refractivity contribution in [2.75, 3.05) is 66.8 Å². The lowest BCUT2D eigenvalue weighted by molar-refractivity contribution is -0.136. The molecule has 0 N–H and O–H groups in total. The van der Waals surface area contributed by atoms with E-state index in [2.05, 4.69) is 4.90 Å². The maximum Gasteiger partial charge on any atom is 0.260 e. The molecule has 0 saturated carbocycles. The number of methoxy groups -OCH3 is 2. The molecule has 2 saturated heterocycles. The van der Waals surface area contributed by atoms with Crippen molar-refractivity contribution in [1.82, 2.24) is 9.80 Å². The van der Waals surface area contributed by atoms with Crippen LogP contribution in [0.15, 0.2) is 30.3 Å². The van der Waals surface area contributed by atoms with E-state index < -0.39 is 0 Å². The Labute approximate surface area is 162 Å². The van der Waals surface area contributed by atoms with Crippen LogP contribution in [-0.2, 0) is 14.3 Å². The van der Waals surface area contributed by atoms with Gasteiger partial charge in [0.25, 0.3) is 5.91 Å². The second-order valence-electron chi connectivity index (χ2n) is 7.73. The van der Waals surface area contributed by atoms with Crippen LogP contribution in [0.4, 0.5) is 0 Å². The Morgan fingerprint density at radius 2 is 1.89 bits per heavy atom. The summed E-state index contributed by atoms with van der Waals surface area (Å²) in [6.45, 7) is 6.36. The van der Waals surface area contributed by atoms with E-state index in [1.807, 2.05) is 35.2 Å². The highest BCUT2D eigenvalue weighted by Gasteiger charge is 2.48. The third kappa shape index (κ3) is 5.00. The number of rotatable bonds is 8. The number of nitrogens with zero attached hydrogens (tertiary/aromatic N) is 2. The number of likely N-dealkylation sites (tertiary alicyclic amines) is 2. The molecule has 1 spiro atoms. The van der Waals surface area contributed by atoms with Gasteiger partial charge >= 0.3 is 0 Å². The molecule has 6 nitrogen and oxygen atoms in total. The first-order chi connectivity index (χ1) is 13.2. The van der Waals surface area contributed by atoms with Crippen LogP contribution in [0.5, 0.6) is 5.75 Å². The largest absolute Gasteiger partial charge is 0.484 e. The second-order valence-corrected chi connectivity index (χ2v) is 7.73. The summed E-state index contributed by atoms with van der Waals surface area (Å²) in [4.78, 5) is 17.0. The van der Waals surface area contributed by atoms with Crippen molar-refractivity contribution in [3.05, 3.63) is 30.3 Å². The van der Waals surface area contributed by atoms with Crippen molar-refractivity contribution in [3.63, 3.8) is 0 Å². The highest BCUT2D eigenvalue weighted by molar-refractivity contribution is 5.77. The summed E-state index contributed by atoms with van der Waals surface area (Å²) in [7, 11) is 3.53. The molecule has 0 bridgehead atoms. The SMILES string of the molecule is COCCN1CC(COC)C2(CCN(C(=O)COc3ccccc3)CC2)C1. The fourth-order valence-corrected chi connectivity index (χ4v) is 4.49. The predicted octanol–water partition coefficient (Wildman–Crippen LogP) is 1.90. The topological polar surface area (TPSA) is 51.2 Å². The molecule has 0 aromatic heterocycles. The van der Waals surface area contributed by atoms with Gasteiger partial charge < -0.3 is 24.0 Å². The number of ether oxygens (including phenoxy) is 3. The molecule has 0 aliphatic carbocycles. The Bertz CT molecular complexity index is 587. The van der Waals surface area contributed by atoms with Gasteiger partial charge in [0, 0.05) is 52.9 Å². The average molecular weight is 376 g/mol. The maximum absolute atomic E-state index is 12.5. The monoisotopic (exact) mass is 376 g/mol. The number of amides is 1. The molecule has 3 rings (SSSR count). The summed E-state index contributed by atoms with van der Waals surface area (Å²) >= 11 is 0. The van der Waals surface area contributed by atoms with Gasteiger partial charge in [0.15, 0.2) is 6.61 Å². The van der Waals surface area contributed by atoms with Gasteiger partial charge in [-0.1, -0.05) is 18.2 Å². The Kier molecular flexibility index (Phi) is 7.10. The molecule has 1 unspecified atom stereocenters. The van der Waals surface area contributed by atoms with E-state index in [1.54, 1.807) is 14.2 Å². The molecule has 2 aliphatic heterocycles. The number of hydrogen-bond acceptors (Lipinski definition) is 5. The minimum absolute atomic E-state index is 0.0752. The van der Waals surface area contributed by atoms with Crippen LogP contribution >= 0.6 is 0 Å². The van der Waals surface area contributed by atoms with E-state index in [4.69, 9.17) is 14.2 Å². The highest BCUT2D eigenvalue weighted by Crippen LogP contribution is 2.44. The fraction of sp³-hybridized carbons (Fsp3) is 0.667. The number of carbonyl (C=O) groups excluding carboxylic acids is 1. The summed E-state index contributed by atoms with van der Waals surface area (Å²) in [6.07, 6.45) is 2.06. The van der Waals surface area contributed by atoms with Crippen molar-refractivity contribution in [2.24, 2.45) is 11.3 Å². The zero-order valence-corrected chi connectivity index (χ0v) is 16.6. The third-order valence-corrected chi connectivity index (χ3v) is 6.08.